The molecule has 4 heteroatoms. The Morgan fingerprint density at radius 1 is 1.21 bits per heavy atom. The van der Waals surface area contributed by atoms with E-state index in [9.17, 15) is 9.59 Å². The number of amides is 2. The van der Waals surface area contributed by atoms with E-state index in [4.69, 9.17) is 6.42 Å². The number of anilines is 1. The minimum Gasteiger partial charge on any atom is -0.332 e. The second-order valence-electron chi connectivity index (χ2n) is 4.57. The van der Waals surface area contributed by atoms with Gasteiger partial charge in [0.15, 0.2) is 0 Å². The lowest BCUT2D eigenvalue weighted by atomic mass is 9.96. The monoisotopic (exact) mass is 256 g/mol. The number of likely N-dealkylation sites (tertiary alicyclic amines) is 1. The Labute approximate surface area is 112 Å². The van der Waals surface area contributed by atoms with Crippen molar-refractivity contribution in [3.8, 4) is 12.3 Å². The van der Waals surface area contributed by atoms with E-state index in [0.717, 1.165) is 5.69 Å². The maximum Gasteiger partial charge on any atom is 0.298 e. The molecule has 0 atom stereocenters. The molecule has 0 radical (unpaired) electrons. The van der Waals surface area contributed by atoms with Gasteiger partial charge in [-0.3, -0.25) is 9.59 Å². The molecule has 4 nitrogen and oxygen atoms in total. The SMILES string of the molecule is C#CC(=O)N1CCC(C(=O)Nc2ccccc2)CC1. The molecule has 2 amide bonds. The molecule has 0 aliphatic carbocycles. The van der Waals surface area contributed by atoms with Crippen LogP contribution in [0.1, 0.15) is 12.8 Å². The van der Waals surface area contributed by atoms with Crippen LogP contribution in [0.4, 0.5) is 5.69 Å². The number of rotatable bonds is 2. The standard InChI is InChI=1S/C15H16N2O2/c1-2-14(18)17-10-8-12(9-11-17)15(19)16-13-6-4-3-5-7-13/h1,3-7,12H,8-11H2,(H,16,19). The van der Waals surface area contributed by atoms with Gasteiger partial charge in [-0.15, -0.1) is 6.42 Å². The normalized spacial score (nSPS) is 15.6. The summed E-state index contributed by atoms with van der Waals surface area (Å²) in [6.45, 7) is 1.10. The largest absolute Gasteiger partial charge is 0.332 e. The van der Waals surface area contributed by atoms with Gasteiger partial charge in [0.05, 0.1) is 0 Å². The first kappa shape index (κ1) is 13.2. The van der Waals surface area contributed by atoms with E-state index >= 15 is 0 Å². The third-order valence-electron chi connectivity index (χ3n) is 3.32. The molecule has 1 aliphatic rings. The zero-order chi connectivity index (χ0) is 13.7. The molecule has 1 N–H and O–H groups in total. The number of para-hydroxylation sites is 1. The predicted octanol–water partition coefficient (Wildman–Crippen LogP) is 1.50. The third-order valence-corrected chi connectivity index (χ3v) is 3.32. The minimum atomic E-state index is -0.290. The Kier molecular flexibility index (Phi) is 4.19. The molecule has 1 aromatic rings. The van der Waals surface area contributed by atoms with Gasteiger partial charge in [-0.25, -0.2) is 0 Å². The summed E-state index contributed by atoms with van der Waals surface area (Å²) in [6, 6.07) is 9.37. The topological polar surface area (TPSA) is 49.4 Å². The number of benzene rings is 1. The highest BCUT2D eigenvalue weighted by molar-refractivity contribution is 5.94. The molecule has 1 saturated heterocycles. The van der Waals surface area contributed by atoms with Crippen LogP contribution in [0.25, 0.3) is 0 Å². The molecule has 0 unspecified atom stereocenters. The first-order valence-corrected chi connectivity index (χ1v) is 6.32. The second kappa shape index (κ2) is 6.05. The van der Waals surface area contributed by atoms with E-state index in [1.807, 2.05) is 30.3 Å². The molecule has 1 aliphatic heterocycles. The summed E-state index contributed by atoms with van der Waals surface area (Å²) in [4.78, 5) is 25.0. The molecule has 0 saturated carbocycles. The van der Waals surface area contributed by atoms with Crippen LogP contribution >= 0.6 is 0 Å². The highest BCUT2D eigenvalue weighted by atomic mass is 16.2. The van der Waals surface area contributed by atoms with Crippen LogP contribution in [0.2, 0.25) is 0 Å². The molecule has 0 spiro atoms. The molecular weight excluding hydrogens is 240 g/mol. The van der Waals surface area contributed by atoms with Gasteiger partial charge in [0.1, 0.15) is 0 Å². The number of nitrogens with zero attached hydrogens (tertiary/aromatic N) is 1. The summed E-state index contributed by atoms with van der Waals surface area (Å²) in [5.74, 6) is 1.77. The second-order valence-corrected chi connectivity index (χ2v) is 4.57. The maximum atomic E-state index is 12.1. The molecule has 98 valence electrons. The zero-order valence-corrected chi connectivity index (χ0v) is 10.6. The van der Waals surface area contributed by atoms with E-state index in [-0.39, 0.29) is 17.7 Å². The van der Waals surface area contributed by atoms with E-state index < -0.39 is 0 Å². The number of piperidine rings is 1. The van der Waals surface area contributed by atoms with Crippen LogP contribution < -0.4 is 5.32 Å². The Hall–Kier alpha value is -2.28. The molecule has 1 fully saturated rings. The summed E-state index contributed by atoms with van der Waals surface area (Å²) in [5.41, 5.74) is 0.801. The van der Waals surface area contributed by atoms with Gasteiger partial charge < -0.3 is 10.2 Å². The first-order chi connectivity index (χ1) is 9.20. The third kappa shape index (κ3) is 3.35. The van der Waals surface area contributed by atoms with E-state index in [2.05, 4.69) is 11.2 Å². The van der Waals surface area contributed by atoms with Crippen molar-refractivity contribution in [2.24, 2.45) is 5.92 Å². The van der Waals surface area contributed by atoms with Gasteiger partial charge in [-0.1, -0.05) is 18.2 Å². The average molecular weight is 256 g/mol. The number of carbonyl (C=O) groups is 2. The number of terminal acetylenes is 1. The first-order valence-electron chi connectivity index (χ1n) is 6.32. The van der Waals surface area contributed by atoms with Crippen LogP contribution in [0, 0.1) is 18.3 Å². The van der Waals surface area contributed by atoms with Crippen LogP contribution in [0.5, 0.6) is 0 Å². The molecule has 1 aromatic carbocycles. The highest BCUT2D eigenvalue weighted by Gasteiger charge is 2.26. The molecule has 19 heavy (non-hydrogen) atoms. The fraction of sp³-hybridized carbons (Fsp3) is 0.333. The van der Waals surface area contributed by atoms with Gasteiger partial charge in [0, 0.05) is 24.7 Å². The van der Waals surface area contributed by atoms with Crippen LogP contribution in [0.3, 0.4) is 0 Å². The molecule has 0 aromatic heterocycles. The lowest BCUT2D eigenvalue weighted by molar-refractivity contribution is -0.129. The zero-order valence-electron chi connectivity index (χ0n) is 10.6. The van der Waals surface area contributed by atoms with Crippen LogP contribution in [-0.2, 0) is 9.59 Å². The van der Waals surface area contributed by atoms with Gasteiger partial charge in [0.25, 0.3) is 5.91 Å². The van der Waals surface area contributed by atoms with Crippen LogP contribution in [0.15, 0.2) is 30.3 Å². The minimum absolute atomic E-state index is 0.0130. The molecule has 2 rings (SSSR count). The number of carbonyl (C=O) groups excluding carboxylic acids is 2. The maximum absolute atomic E-state index is 12.1. The van der Waals surface area contributed by atoms with Crippen LogP contribution in [-0.4, -0.2) is 29.8 Å². The number of nitrogens with one attached hydrogen (secondary N) is 1. The van der Waals surface area contributed by atoms with Crippen molar-refractivity contribution in [3.63, 3.8) is 0 Å². The summed E-state index contributed by atoms with van der Waals surface area (Å²) in [6.07, 6.45) is 6.40. The smallest absolute Gasteiger partial charge is 0.298 e. The van der Waals surface area contributed by atoms with Crippen molar-refractivity contribution in [2.75, 3.05) is 18.4 Å². The van der Waals surface area contributed by atoms with Crippen molar-refractivity contribution in [3.05, 3.63) is 30.3 Å². The Morgan fingerprint density at radius 2 is 1.84 bits per heavy atom. The Morgan fingerprint density at radius 3 is 2.42 bits per heavy atom. The lowest BCUT2D eigenvalue weighted by Gasteiger charge is -2.29. The molecular formula is C15H16N2O2. The van der Waals surface area contributed by atoms with E-state index in [0.29, 0.717) is 25.9 Å². The Balaban J connectivity index is 1.86. The van der Waals surface area contributed by atoms with Crippen molar-refractivity contribution in [2.45, 2.75) is 12.8 Å². The molecule has 1 heterocycles. The fourth-order valence-corrected chi connectivity index (χ4v) is 2.20. The quantitative estimate of drug-likeness (QED) is 0.815. The van der Waals surface area contributed by atoms with E-state index in [1.165, 1.54) is 0 Å². The summed E-state index contributed by atoms with van der Waals surface area (Å²) in [7, 11) is 0. The van der Waals surface area contributed by atoms with Gasteiger partial charge >= 0.3 is 0 Å². The summed E-state index contributed by atoms with van der Waals surface area (Å²) >= 11 is 0. The fourth-order valence-electron chi connectivity index (χ4n) is 2.20. The highest BCUT2D eigenvalue weighted by Crippen LogP contribution is 2.19. The number of hydrogen-bond donors (Lipinski definition) is 1. The Bertz CT molecular complexity index is 497. The van der Waals surface area contributed by atoms with Crippen molar-refractivity contribution in [1.82, 2.24) is 4.90 Å². The summed E-state index contributed by atoms with van der Waals surface area (Å²) in [5, 5.41) is 2.89. The van der Waals surface area contributed by atoms with Gasteiger partial charge in [0.2, 0.25) is 5.91 Å². The van der Waals surface area contributed by atoms with E-state index in [1.54, 1.807) is 4.90 Å². The van der Waals surface area contributed by atoms with Crippen molar-refractivity contribution in [1.29, 1.82) is 0 Å². The summed E-state index contributed by atoms with van der Waals surface area (Å²) < 4.78 is 0. The van der Waals surface area contributed by atoms with Crippen molar-refractivity contribution >= 4 is 17.5 Å². The average Bonchev–Trinajstić information content (AvgIpc) is 2.47. The van der Waals surface area contributed by atoms with Crippen molar-refractivity contribution < 1.29 is 9.59 Å². The van der Waals surface area contributed by atoms with Gasteiger partial charge in [-0.2, -0.15) is 0 Å². The van der Waals surface area contributed by atoms with Gasteiger partial charge in [-0.05, 0) is 30.9 Å². The predicted molar refractivity (Wildman–Crippen MR) is 73.2 cm³/mol. The lowest BCUT2D eigenvalue weighted by Crippen LogP contribution is -2.40. The molecule has 0 bridgehead atoms. The number of hydrogen-bond acceptors (Lipinski definition) is 2.